The summed E-state index contributed by atoms with van der Waals surface area (Å²) in [5.41, 5.74) is 1.54. The molecule has 2 N–H and O–H groups in total. The Morgan fingerprint density at radius 2 is 1.97 bits per heavy atom. The number of carbonyl (C=O) groups is 2. The molecule has 0 spiro atoms. The van der Waals surface area contributed by atoms with Gasteiger partial charge in [0.05, 0.1) is 12.9 Å². The zero-order valence-electron chi connectivity index (χ0n) is 16.6. The van der Waals surface area contributed by atoms with E-state index in [1.54, 1.807) is 25.3 Å². The molecule has 0 saturated heterocycles. The molecule has 0 aromatic heterocycles. The molecule has 8 heteroatoms. The topological polar surface area (TPSA) is 76.7 Å². The Hall–Kier alpha value is -2.90. The molecule has 0 aromatic carbocycles. The lowest BCUT2D eigenvalue weighted by Crippen LogP contribution is -2.30. The van der Waals surface area contributed by atoms with Gasteiger partial charge in [-0.3, -0.25) is 9.59 Å². The zero-order valence-corrected chi connectivity index (χ0v) is 17.3. The third-order valence-electron chi connectivity index (χ3n) is 2.83. The third kappa shape index (κ3) is 17.0. The fourth-order valence-electron chi connectivity index (χ4n) is 1.56. The number of hydrogen-bond acceptors (Lipinski definition) is 4. The lowest BCUT2D eigenvalue weighted by atomic mass is 10.2. The van der Waals surface area contributed by atoms with Crippen molar-refractivity contribution in [1.82, 2.24) is 10.6 Å². The van der Waals surface area contributed by atoms with Crippen molar-refractivity contribution in [2.45, 2.75) is 6.42 Å². The van der Waals surface area contributed by atoms with E-state index in [1.807, 2.05) is 0 Å². The molecule has 0 radical (unpaired) electrons. The quantitative estimate of drug-likeness (QED) is 0.203. The van der Waals surface area contributed by atoms with Crippen molar-refractivity contribution in [1.29, 1.82) is 0 Å². The van der Waals surface area contributed by atoms with E-state index in [2.05, 4.69) is 36.9 Å². The van der Waals surface area contributed by atoms with Gasteiger partial charge in [-0.15, -0.1) is 13.2 Å². The van der Waals surface area contributed by atoms with Crippen molar-refractivity contribution >= 4 is 23.4 Å². The second kappa shape index (κ2) is 19.9. The largest absolute Gasteiger partial charge is 0.491 e. The minimum atomic E-state index is -0.695. The lowest BCUT2D eigenvalue weighted by molar-refractivity contribution is -0.123. The number of allylic oxidation sites excluding steroid dienone is 4. The van der Waals surface area contributed by atoms with Crippen LogP contribution in [0.2, 0.25) is 0 Å². The van der Waals surface area contributed by atoms with Gasteiger partial charge in [0.15, 0.2) is 6.61 Å². The normalized spacial score (nSPS) is 11.6. The predicted molar refractivity (Wildman–Crippen MR) is 116 cm³/mol. The average molecular weight is 427 g/mol. The highest BCUT2D eigenvalue weighted by Gasteiger charge is 2.06. The molecule has 0 aliphatic rings. The summed E-state index contributed by atoms with van der Waals surface area (Å²) in [6, 6.07) is 0. The van der Waals surface area contributed by atoms with Gasteiger partial charge in [0.25, 0.3) is 11.8 Å². The van der Waals surface area contributed by atoms with E-state index in [0.29, 0.717) is 24.3 Å². The fourth-order valence-corrected chi connectivity index (χ4v) is 1.63. The number of ether oxygens (including phenoxy) is 2. The van der Waals surface area contributed by atoms with Crippen molar-refractivity contribution in [2.24, 2.45) is 0 Å². The summed E-state index contributed by atoms with van der Waals surface area (Å²) in [6.07, 6.45) is 8.83. The number of hydrogen-bond donors (Lipinski definition) is 2. The summed E-state index contributed by atoms with van der Waals surface area (Å²) in [7, 11) is 1.57. The van der Waals surface area contributed by atoms with Gasteiger partial charge >= 0.3 is 0 Å². The molecule has 2 amide bonds. The Morgan fingerprint density at radius 1 is 1.28 bits per heavy atom. The molecule has 0 aliphatic heterocycles. The van der Waals surface area contributed by atoms with E-state index in [9.17, 15) is 14.0 Å². The summed E-state index contributed by atoms with van der Waals surface area (Å²) in [6.45, 7) is 13.7. The van der Waals surface area contributed by atoms with Crippen molar-refractivity contribution < 1.29 is 23.5 Å². The molecule has 0 aromatic rings. The van der Waals surface area contributed by atoms with E-state index in [-0.39, 0.29) is 19.1 Å². The third-order valence-corrected chi connectivity index (χ3v) is 3.04. The molecule has 0 unspecified atom stereocenters. The molecule has 0 fully saturated rings. The second-order valence-corrected chi connectivity index (χ2v) is 5.19. The van der Waals surface area contributed by atoms with Crippen LogP contribution in [0.1, 0.15) is 6.42 Å². The van der Waals surface area contributed by atoms with Crippen molar-refractivity contribution in [3.05, 3.63) is 85.6 Å². The Kier molecular flexibility index (Phi) is 19.4. The van der Waals surface area contributed by atoms with Crippen LogP contribution in [-0.4, -0.2) is 38.7 Å². The smallest absolute Gasteiger partial charge is 0.261 e. The molecule has 0 bridgehead atoms. The van der Waals surface area contributed by atoms with Crippen LogP contribution in [0.3, 0.4) is 0 Å². The van der Waals surface area contributed by atoms with Crippen molar-refractivity contribution in [3.63, 3.8) is 0 Å². The van der Waals surface area contributed by atoms with Gasteiger partial charge in [0.2, 0.25) is 0 Å². The zero-order chi connectivity index (χ0) is 22.5. The first kappa shape index (κ1) is 28.3. The molecule has 0 atom stereocenters. The van der Waals surface area contributed by atoms with Gasteiger partial charge in [-0.25, -0.2) is 4.39 Å². The first-order valence-corrected chi connectivity index (χ1v) is 8.86. The van der Waals surface area contributed by atoms with Crippen LogP contribution in [0.4, 0.5) is 4.39 Å². The van der Waals surface area contributed by atoms with E-state index >= 15 is 0 Å². The maximum Gasteiger partial charge on any atom is 0.261 e. The molecule has 6 nitrogen and oxygen atoms in total. The first-order valence-electron chi connectivity index (χ1n) is 8.42. The maximum absolute atomic E-state index is 12.7. The van der Waals surface area contributed by atoms with Gasteiger partial charge < -0.3 is 20.1 Å². The molecule has 0 aliphatic carbocycles. The lowest BCUT2D eigenvalue weighted by Gasteiger charge is -2.09. The molecule has 0 rings (SSSR count). The number of halogens is 2. The average Bonchev–Trinajstić information content (AvgIpc) is 2.72. The predicted octanol–water partition coefficient (Wildman–Crippen LogP) is 3.82. The Bertz CT molecular complexity index is 655. The Labute approximate surface area is 176 Å². The number of nitrogens with one attached hydrogen (secondary N) is 2. The van der Waals surface area contributed by atoms with Crippen LogP contribution in [0.15, 0.2) is 85.6 Å². The SMILES string of the molecule is C=C.C=C/C(=C\C=C\COC)C(=O)NCCC(=C)NC(=O)CO/C=C/C(F)=C/Cl. The monoisotopic (exact) mass is 426 g/mol. The highest BCUT2D eigenvalue weighted by molar-refractivity contribution is 6.25. The molecule has 160 valence electrons. The second-order valence-electron chi connectivity index (χ2n) is 4.98. The van der Waals surface area contributed by atoms with Crippen LogP contribution in [0, 0.1) is 0 Å². The fraction of sp³-hybridized carbons (Fsp3) is 0.238. The Balaban J connectivity index is 0. The number of carbonyl (C=O) groups excluding carboxylic acids is 2. The van der Waals surface area contributed by atoms with Crippen LogP contribution < -0.4 is 10.6 Å². The minimum absolute atomic E-state index is 0.275. The van der Waals surface area contributed by atoms with Gasteiger partial charge in [-0.2, -0.15) is 0 Å². The van der Waals surface area contributed by atoms with Gasteiger partial charge in [0, 0.05) is 43.0 Å². The summed E-state index contributed by atoms with van der Waals surface area (Å²) in [4.78, 5) is 23.6. The van der Waals surface area contributed by atoms with E-state index < -0.39 is 11.7 Å². The molecule has 0 heterocycles. The molecule has 0 saturated carbocycles. The van der Waals surface area contributed by atoms with Gasteiger partial charge in [0.1, 0.15) is 5.83 Å². The van der Waals surface area contributed by atoms with E-state index in [4.69, 9.17) is 21.1 Å². The van der Waals surface area contributed by atoms with Crippen LogP contribution in [0.5, 0.6) is 0 Å². The highest BCUT2D eigenvalue weighted by Crippen LogP contribution is 2.00. The summed E-state index contributed by atoms with van der Waals surface area (Å²) in [5.74, 6) is -1.45. The van der Waals surface area contributed by atoms with Crippen LogP contribution in [-0.2, 0) is 19.1 Å². The number of amides is 2. The highest BCUT2D eigenvalue weighted by atomic mass is 35.5. The molecular formula is C21H28ClFN2O4. The van der Waals surface area contributed by atoms with Crippen molar-refractivity contribution in [2.75, 3.05) is 26.9 Å². The Morgan fingerprint density at radius 3 is 2.55 bits per heavy atom. The first-order chi connectivity index (χ1) is 13.9. The van der Waals surface area contributed by atoms with Crippen LogP contribution in [0.25, 0.3) is 0 Å². The van der Waals surface area contributed by atoms with Gasteiger partial charge in [-0.1, -0.05) is 43.0 Å². The minimum Gasteiger partial charge on any atom is -0.491 e. The summed E-state index contributed by atoms with van der Waals surface area (Å²) < 4.78 is 22.3. The number of rotatable bonds is 13. The van der Waals surface area contributed by atoms with E-state index in [1.165, 1.54) is 6.08 Å². The van der Waals surface area contributed by atoms with Crippen molar-refractivity contribution in [3.8, 4) is 0 Å². The van der Waals surface area contributed by atoms with E-state index in [0.717, 1.165) is 17.9 Å². The standard InChI is InChI=1S/C19H24ClFN2O4.C2H4/c1-4-16(7-5-6-11-26-3)19(25)22-10-8-15(2)23-18(24)14-27-12-9-17(21)13-20;1-2/h4-7,9,12-13H,1-2,8,10-11,14H2,3H3,(H,22,25)(H,23,24);1-2H2/b6-5+,12-9+,16-7+,17-13-;. The molecule has 29 heavy (non-hydrogen) atoms. The summed E-state index contributed by atoms with van der Waals surface area (Å²) in [5, 5.41) is 5.20. The summed E-state index contributed by atoms with van der Waals surface area (Å²) >= 11 is 5.12. The van der Waals surface area contributed by atoms with Crippen LogP contribution >= 0.6 is 11.6 Å². The molecular weight excluding hydrogens is 399 g/mol. The number of methoxy groups -OCH3 is 1. The maximum atomic E-state index is 12.7. The van der Waals surface area contributed by atoms with Gasteiger partial charge in [-0.05, 0) is 6.08 Å².